The van der Waals surface area contributed by atoms with Crippen LogP contribution >= 0.6 is 0 Å². The molecule has 0 radical (unpaired) electrons. The lowest BCUT2D eigenvalue weighted by molar-refractivity contribution is 0.519. The number of halogens is 3. The first-order valence-electron chi connectivity index (χ1n) is 5.80. The van der Waals surface area contributed by atoms with Gasteiger partial charge in [-0.05, 0) is 23.3 Å². The van der Waals surface area contributed by atoms with Crippen molar-refractivity contribution >= 4 is 0 Å². The summed E-state index contributed by atoms with van der Waals surface area (Å²) < 4.78 is 41.1. The summed E-state index contributed by atoms with van der Waals surface area (Å²) >= 11 is 0. The van der Waals surface area contributed by atoms with Gasteiger partial charge in [0.15, 0.2) is 17.5 Å². The highest BCUT2D eigenvalue weighted by Crippen LogP contribution is 2.21. The summed E-state index contributed by atoms with van der Waals surface area (Å²) in [6.45, 7) is 0.300. The Bertz CT molecular complexity index is 585. The molecule has 100 valence electrons. The van der Waals surface area contributed by atoms with Gasteiger partial charge in [0.25, 0.3) is 0 Å². The molecule has 5 nitrogen and oxygen atoms in total. The van der Waals surface area contributed by atoms with Crippen LogP contribution in [-0.4, -0.2) is 26.2 Å². The number of nitrogens with zero attached hydrogens (tertiary/aromatic N) is 4. The number of benzene rings is 1. The van der Waals surface area contributed by atoms with Crippen molar-refractivity contribution < 1.29 is 13.2 Å². The summed E-state index contributed by atoms with van der Waals surface area (Å²) in [5.41, 5.74) is -0.473. The smallest absolute Gasteiger partial charge is 0.170 e. The number of nitrogens with one attached hydrogen (secondary N) is 1. The second-order valence-electron chi connectivity index (χ2n) is 4.38. The zero-order valence-electron chi connectivity index (χ0n) is 9.78. The molecule has 1 N–H and O–H groups in total. The van der Waals surface area contributed by atoms with Crippen LogP contribution in [0.5, 0.6) is 0 Å². The third kappa shape index (κ3) is 2.43. The van der Waals surface area contributed by atoms with Gasteiger partial charge in [0, 0.05) is 18.2 Å². The molecule has 19 heavy (non-hydrogen) atoms. The predicted molar refractivity (Wildman–Crippen MR) is 58.9 cm³/mol. The van der Waals surface area contributed by atoms with Crippen LogP contribution in [0, 0.1) is 17.5 Å². The van der Waals surface area contributed by atoms with E-state index in [1.807, 2.05) is 0 Å². The zero-order valence-corrected chi connectivity index (χ0v) is 9.78. The first-order chi connectivity index (χ1) is 9.15. The van der Waals surface area contributed by atoms with E-state index in [1.54, 1.807) is 0 Å². The normalized spacial score (nSPS) is 14.9. The molecule has 0 bridgehead atoms. The second-order valence-corrected chi connectivity index (χ2v) is 4.38. The van der Waals surface area contributed by atoms with Crippen molar-refractivity contribution in [3.05, 3.63) is 35.4 Å². The maximum atomic E-state index is 13.6. The first kappa shape index (κ1) is 12.1. The standard InChI is InChI=1S/C11H10F3N5/c12-6-3-8(13)11(9(14)4-6)19-10(16-17-18-19)5-15-7-1-2-7/h3-4,7,15H,1-2,5H2. The Morgan fingerprint density at radius 2 is 1.89 bits per heavy atom. The molecular weight excluding hydrogens is 259 g/mol. The SMILES string of the molecule is Fc1cc(F)c(-n2nnnc2CNC2CC2)c(F)c1. The fourth-order valence-electron chi connectivity index (χ4n) is 1.75. The molecule has 1 fully saturated rings. The van der Waals surface area contributed by atoms with E-state index in [0.29, 0.717) is 24.7 Å². The molecule has 0 saturated heterocycles. The molecule has 0 atom stereocenters. The molecule has 1 aliphatic rings. The summed E-state index contributed by atoms with van der Waals surface area (Å²) in [4.78, 5) is 0. The molecule has 0 unspecified atom stereocenters. The number of rotatable bonds is 4. The van der Waals surface area contributed by atoms with Gasteiger partial charge < -0.3 is 5.32 Å². The van der Waals surface area contributed by atoms with Crippen molar-refractivity contribution in [3.8, 4) is 5.69 Å². The van der Waals surface area contributed by atoms with Gasteiger partial charge >= 0.3 is 0 Å². The van der Waals surface area contributed by atoms with Gasteiger partial charge in [0.1, 0.15) is 11.5 Å². The van der Waals surface area contributed by atoms with Crippen molar-refractivity contribution in [3.63, 3.8) is 0 Å². The van der Waals surface area contributed by atoms with E-state index in [-0.39, 0.29) is 5.82 Å². The molecule has 1 aromatic heterocycles. The minimum atomic E-state index is -1.04. The summed E-state index contributed by atoms with van der Waals surface area (Å²) in [7, 11) is 0. The van der Waals surface area contributed by atoms with Gasteiger partial charge in [-0.2, -0.15) is 4.68 Å². The highest BCUT2D eigenvalue weighted by Gasteiger charge is 2.23. The van der Waals surface area contributed by atoms with Crippen LogP contribution in [0.1, 0.15) is 18.7 Å². The molecule has 3 rings (SSSR count). The van der Waals surface area contributed by atoms with Crippen molar-refractivity contribution in [2.45, 2.75) is 25.4 Å². The van der Waals surface area contributed by atoms with Crippen LogP contribution in [0.2, 0.25) is 0 Å². The Balaban J connectivity index is 1.95. The van der Waals surface area contributed by atoms with Crippen LogP contribution < -0.4 is 5.32 Å². The summed E-state index contributed by atoms with van der Waals surface area (Å²) in [5, 5.41) is 13.8. The molecule has 0 aliphatic heterocycles. The number of aromatic nitrogens is 4. The predicted octanol–water partition coefficient (Wildman–Crippen LogP) is 1.33. The van der Waals surface area contributed by atoms with E-state index < -0.39 is 23.1 Å². The van der Waals surface area contributed by atoms with E-state index >= 15 is 0 Å². The average molecular weight is 269 g/mol. The van der Waals surface area contributed by atoms with Crippen LogP contribution in [0.15, 0.2) is 12.1 Å². The van der Waals surface area contributed by atoms with Crippen LogP contribution in [0.4, 0.5) is 13.2 Å². The molecule has 8 heteroatoms. The van der Waals surface area contributed by atoms with Gasteiger partial charge in [0.2, 0.25) is 0 Å². The lowest BCUT2D eigenvalue weighted by Gasteiger charge is -2.07. The lowest BCUT2D eigenvalue weighted by atomic mass is 10.3. The third-order valence-electron chi connectivity index (χ3n) is 2.85. The zero-order chi connectivity index (χ0) is 13.4. The quantitative estimate of drug-likeness (QED) is 0.909. The topological polar surface area (TPSA) is 55.6 Å². The Morgan fingerprint density at radius 1 is 1.21 bits per heavy atom. The Hall–Kier alpha value is -1.96. The fourth-order valence-corrected chi connectivity index (χ4v) is 1.75. The minimum absolute atomic E-state index is 0.274. The summed E-state index contributed by atoms with van der Waals surface area (Å²) in [6.07, 6.45) is 2.14. The minimum Gasteiger partial charge on any atom is -0.307 e. The average Bonchev–Trinajstić information content (AvgIpc) is 3.06. The highest BCUT2D eigenvalue weighted by atomic mass is 19.1. The Morgan fingerprint density at radius 3 is 2.53 bits per heavy atom. The van der Waals surface area contributed by atoms with Gasteiger partial charge in [-0.1, -0.05) is 0 Å². The lowest BCUT2D eigenvalue weighted by Crippen LogP contribution is -2.19. The second kappa shape index (κ2) is 4.61. The van der Waals surface area contributed by atoms with E-state index in [1.165, 1.54) is 0 Å². The van der Waals surface area contributed by atoms with E-state index in [9.17, 15) is 13.2 Å². The monoisotopic (exact) mass is 269 g/mol. The largest absolute Gasteiger partial charge is 0.307 e. The molecule has 0 amide bonds. The molecule has 1 aliphatic carbocycles. The number of hydrogen-bond donors (Lipinski definition) is 1. The van der Waals surface area contributed by atoms with Crippen molar-refractivity contribution in [1.82, 2.24) is 25.5 Å². The molecule has 1 heterocycles. The fraction of sp³-hybridized carbons (Fsp3) is 0.364. The molecule has 0 spiro atoms. The van der Waals surface area contributed by atoms with Crippen LogP contribution in [0.25, 0.3) is 5.69 Å². The highest BCUT2D eigenvalue weighted by molar-refractivity contribution is 5.35. The van der Waals surface area contributed by atoms with Gasteiger partial charge in [0.05, 0.1) is 6.54 Å². The number of tetrazole rings is 1. The van der Waals surface area contributed by atoms with E-state index in [0.717, 1.165) is 17.5 Å². The van der Waals surface area contributed by atoms with Gasteiger partial charge in [-0.3, -0.25) is 0 Å². The van der Waals surface area contributed by atoms with Crippen LogP contribution in [0.3, 0.4) is 0 Å². The third-order valence-corrected chi connectivity index (χ3v) is 2.85. The molecule has 2 aromatic rings. The van der Waals surface area contributed by atoms with Crippen molar-refractivity contribution in [2.75, 3.05) is 0 Å². The van der Waals surface area contributed by atoms with Crippen LogP contribution in [-0.2, 0) is 6.54 Å². The van der Waals surface area contributed by atoms with Crippen molar-refractivity contribution in [2.24, 2.45) is 0 Å². The van der Waals surface area contributed by atoms with Gasteiger partial charge in [-0.15, -0.1) is 5.10 Å². The number of hydrogen-bond acceptors (Lipinski definition) is 4. The molecule has 1 saturated carbocycles. The van der Waals surface area contributed by atoms with Crippen molar-refractivity contribution in [1.29, 1.82) is 0 Å². The van der Waals surface area contributed by atoms with E-state index in [4.69, 9.17) is 0 Å². The van der Waals surface area contributed by atoms with Gasteiger partial charge in [-0.25, -0.2) is 13.2 Å². The van der Waals surface area contributed by atoms with E-state index in [2.05, 4.69) is 20.8 Å². The molecule has 1 aromatic carbocycles. The molecular formula is C11H10F3N5. The maximum Gasteiger partial charge on any atom is 0.170 e. The summed E-state index contributed by atoms with van der Waals surface area (Å²) in [5.74, 6) is -2.80. The first-order valence-corrected chi connectivity index (χ1v) is 5.80. The summed E-state index contributed by atoms with van der Waals surface area (Å²) in [6, 6.07) is 1.60. The maximum absolute atomic E-state index is 13.6. The Labute approximate surface area is 106 Å². The Kier molecular flexibility index (Phi) is 2.94.